The van der Waals surface area contributed by atoms with Crippen LogP contribution in [0.4, 0.5) is 5.69 Å². The van der Waals surface area contributed by atoms with Crippen molar-refractivity contribution in [2.45, 2.75) is 29.4 Å². The maximum atomic E-state index is 12.6. The summed E-state index contributed by atoms with van der Waals surface area (Å²) >= 11 is 2.99. The topological polar surface area (TPSA) is 85.8 Å². The van der Waals surface area contributed by atoms with Gasteiger partial charge in [0, 0.05) is 24.2 Å². The van der Waals surface area contributed by atoms with Crippen LogP contribution in [0.15, 0.2) is 88.2 Å². The third kappa shape index (κ3) is 5.94. The number of benzene rings is 1. The molecule has 9 heteroatoms. The standard InChI is InChI=1S/C24H23N5O2S2/c1-3-12-29-23(20-10-13-31-17(20)2)27-28-24(29)33-16-21(30)26-19-8-6-7-18(14-19)15-32-22-9-4-5-11-25-22/h3-11,13-14H,1,12,15-16H2,2H3,(H,26,30). The maximum absolute atomic E-state index is 12.6. The van der Waals surface area contributed by atoms with E-state index in [0.717, 1.165) is 33.4 Å². The fourth-order valence-electron chi connectivity index (χ4n) is 3.16. The van der Waals surface area contributed by atoms with Gasteiger partial charge in [0.2, 0.25) is 5.91 Å². The van der Waals surface area contributed by atoms with Crippen LogP contribution < -0.4 is 5.32 Å². The highest BCUT2D eigenvalue weighted by Crippen LogP contribution is 2.27. The Morgan fingerprint density at radius 1 is 1.18 bits per heavy atom. The molecule has 0 spiro atoms. The van der Waals surface area contributed by atoms with Crippen molar-refractivity contribution in [3.8, 4) is 11.4 Å². The van der Waals surface area contributed by atoms with E-state index < -0.39 is 0 Å². The molecule has 0 aliphatic heterocycles. The molecule has 1 N–H and O–H groups in total. The number of amides is 1. The number of allylic oxidation sites excluding steroid dienone is 1. The van der Waals surface area contributed by atoms with Crippen LogP contribution in [0.25, 0.3) is 11.4 Å². The molecule has 0 atom stereocenters. The second kappa shape index (κ2) is 11.0. The van der Waals surface area contributed by atoms with E-state index in [1.165, 1.54) is 11.8 Å². The molecule has 0 aliphatic carbocycles. The van der Waals surface area contributed by atoms with Gasteiger partial charge >= 0.3 is 0 Å². The number of carbonyl (C=O) groups excluding carboxylic acids is 1. The number of aromatic nitrogens is 4. The second-order valence-electron chi connectivity index (χ2n) is 7.09. The third-order valence-corrected chi connectivity index (χ3v) is 6.68. The van der Waals surface area contributed by atoms with E-state index in [1.807, 2.05) is 60.0 Å². The van der Waals surface area contributed by atoms with Gasteiger partial charge in [0.1, 0.15) is 5.76 Å². The highest BCUT2D eigenvalue weighted by atomic mass is 32.2. The SMILES string of the molecule is C=CCn1c(SCC(=O)Nc2cccc(CSc3ccccn3)c2)nnc1-c1ccoc1C. The third-order valence-electron chi connectivity index (χ3n) is 4.70. The second-order valence-corrected chi connectivity index (χ2v) is 9.03. The number of furan rings is 1. The number of carbonyl (C=O) groups is 1. The van der Waals surface area contributed by atoms with Gasteiger partial charge in [-0.15, -0.1) is 28.5 Å². The van der Waals surface area contributed by atoms with Crippen molar-refractivity contribution in [2.75, 3.05) is 11.1 Å². The van der Waals surface area contributed by atoms with Gasteiger partial charge in [-0.3, -0.25) is 9.36 Å². The van der Waals surface area contributed by atoms with Crippen molar-refractivity contribution in [1.29, 1.82) is 0 Å². The van der Waals surface area contributed by atoms with Crippen molar-refractivity contribution in [3.05, 3.63) is 85.0 Å². The molecule has 0 saturated heterocycles. The average Bonchev–Trinajstić information content (AvgIpc) is 3.43. The normalized spacial score (nSPS) is 10.8. The Bertz CT molecular complexity index is 1240. The molecule has 4 aromatic rings. The number of thioether (sulfide) groups is 2. The van der Waals surface area contributed by atoms with Gasteiger partial charge in [0.25, 0.3) is 0 Å². The summed E-state index contributed by atoms with van der Waals surface area (Å²) < 4.78 is 7.32. The van der Waals surface area contributed by atoms with Crippen molar-refractivity contribution in [2.24, 2.45) is 0 Å². The molecule has 1 aromatic carbocycles. The quantitative estimate of drug-likeness (QED) is 0.240. The number of rotatable bonds is 10. The molecule has 3 heterocycles. The Morgan fingerprint density at radius 3 is 2.85 bits per heavy atom. The van der Waals surface area contributed by atoms with E-state index >= 15 is 0 Å². The largest absolute Gasteiger partial charge is 0.469 e. The van der Waals surface area contributed by atoms with Crippen molar-refractivity contribution < 1.29 is 9.21 Å². The molecule has 4 rings (SSSR count). The predicted octanol–water partition coefficient (Wildman–Crippen LogP) is 5.45. The predicted molar refractivity (Wildman–Crippen MR) is 132 cm³/mol. The van der Waals surface area contributed by atoms with Gasteiger partial charge in [-0.1, -0.05) is 36.0 Å². The molecular formula is C24H23N5O2S2. The van der Waals surface area contributed by atoms with Crippen molar-refractivity contribution in [3.63, 3.8) is 0 Å². The van der Waals surface area contributed by atoms with Crippen LogP contribution >= 0.6 is 23.5 Å². The van der Waals surface area contributed by atoms with Crippen LogP contribution in [0.1, 0.15) is 11.3 Å². The summed E-state index contributed by atoms with van der Waals surface area (Å²) in [5.41, 5.74) is 2.75. The number of nitrogens with zero attached hydrogens (tertiary/aromatic N) is 4. The first-order chi connectivity index (χ1) is 16.1. The van der Waals surface area contributed by atoms with E-state index in [1.54, 1.807) is 30.3 Å². The van der Waals surface area contributed by atoms with E-state index in [4.69, 9.17) is 4.42 Å². The van der Waals surface area contributed by atoms with Crippen molar-refractivity contribution >= 4 is 35.1 Å². The highest BCUT2D eigenvalue weighted by Gasteiger charge is 2.17. The lowest BCUT2D eigenvalue weighted by Gasteiger charge is -2.09. The molecule has 3 aromatic heterocycles. The lowest BCUT2D eigenvalue weighted by atomic mass is 10.2. The van der Waals surface area contributed by atoms with Crippen LogP contribution in [0.5, 0.6) is 0 Å². The fourth-order valence-corrected chi connectivity index (χ4v) is 4.71. The van der Waals surface area contributed by atoms with Crippen LogP contribution in [0.2, 0.25) is 0 Å². The number of nitrogens with one attached hydrogen (secondary N) is 1. The highest BCUT2D eigenvalue weighted by molar-refractivity contribution is 7.99. The molecule has 0 saturated carbocycles. The van der Waals surface area contributed by atoms with Gasteiger partial charge in [-0.05, 0) is 42.8 Å². The first kappa shape index (κ1) is 22.9. The van der Waals surface area contributed by atoms with E-state index in [2.05, 4.69) is 27.1 Å². The zero-order chi connectivity index (χ0) is 23.0. The Kier molecular flexibility index (Phi) is 7.64. The monoisotopic (exact) mass is 477 g/mol. The Hall–Kier alpha value is -3.30. The summed E-state index contributed by atoms with van der Waals surface area (Å²) in [6, 6.07) is 15.6. The summed E-state index contributed by atoms with van der Waals surface area (Å²) in [6.07, 6.45) is 5.19. The summed E-state index contributed by atoms with van der Waals surface area (Å²) in [6.45, 7) is 6.24. The van der Waals surface area contributed by atoms with E-state index in [9.17, 15) is 4.79 Å². The van der Waals surface area contributed by atoms with E-state index in [0.29, 0.717) is 17.5 Å². The number of hydrogen-bond acceptors (Lipinski definition) is 7. The summed E-state index contributed by atoms with van der Waals surface area (Å²) in [5, 5.41) is 13.2. The maximum Gasteiger partial charge on any atom is 0.234 e. The first-order valence-corrected chi connectivity index (χ1v) is 12.2. The lowest BCUT2D eigenvalue weighted by molar-refractivity contribution is -0.113. The van der Waals surface area contributed by atoms with E-state index in [-0.39, 0.29) is 11.7 Å². The molecule has 0 aliphatic rings. The minimum atomic E-state index is -0.108. The Morgan fingerprint density at radius 2 is 2.09 bits per heavy atom. The average molecular weight is 478 g/mol. The van der Waals surface area contributed by atoms with Crippen LogP contribution in [-0.4, -0.2) is 31.4 Å². The fraction of sp³-hybridized carbons (Fsp3) is 0.167. The summed E-state index contributed by atoms with van der Waals surface area (Å²) in [4.78, 5) is 16.9. The van der Waals surface area contributed by atoms with Crippen LogP contribution in [0.3, 0.4) is 0 Å². The van der Waals surface area contributed by atoms with Gasteiger partial charge in [-0.2, -0.15) is 0 Å². The zero-order valence-electron chi connectivity index (χ0n) is 18.1. The molecular weight excluding hydrogens is 454 g/mol. The summed E-state index contributed by atoms with van der Waals surface area (Å²) in [7, 11) is 0. The Labute approximate surface area is 200 Å². The Balaban J connectivity index is 1.36. The molecule has 7 nitrogen and oxygen atoms in total. The van der Waals surface area contributed by atoms with Gasteiger partial charge in [-0.25, -0.2) is 4.98 Å². The molecule has 0 radical (unpaired) electrons. The first-order valence-electron chi connectivity index (χ1n) is 10.3. The van der Waals surface area contributed by atoms with Gasteiger partial charge in [0.15, 0.2) is 11.0 Å². The minimum Gasteiger partial charge on any atom is -0.469 e. The number of hydrogen-bond donors (Lipinski definition) is 1. The van der Waals surface area contributed by atoms with Gasteiger partial charge < -0.3 is 9.73 Å². The number of aryl methyl sites for hydroxylation is 1. The zero-order valence-corrected chi connectivity index (χ0v) is 19.7. The minimum absolute atomic E-state index is 0.108. The lowest BCUT2D eigenvalue weighted by Crippen LogP contribution is -2.14. The summed E-state index contributed by atoms with van der Waals surface area (Å²) in [5.74, 6) is 2.34. The molecule has 1 amide bonds. The number of anilines is 1. The van der Waals surface area contributed by atoms with Crippen molar-refractivity contribution in [1.82, 2.24) is 19.7 Å². The molecule has 0 fully saturated rings. The van der Waals surface area contributed by atoms with Crippen LogP contribution in [-0.2, 0) is 17.1 Å². The molecule has 33 heavy (non-hydrogen) atoms. The van der Waals surface area contributed by atoms with Crippen LogP contribution in [0, 0.1) is 6.92 Å². The molecule has 0 unspecified atom stereocenters. The molecule has 0 bridgehead atoms. The molecule has 168 valence electrons. The van der Waals surface area contributed by atoms with Gasteiger partial charge in [0.05, 0.1) is 22.6 Å². The smallest absolute Gasteiger partial charge is 0.234 e. The number of pyridine rings is 1.